The molecule has 0 atom stereocenters. The smallest absolute Gasteiger partial charge is 0.372 e. The van der Waals surface area contributed by atoms with Crippen molar-refractivity contribution in [2.45, 2.75) is 12.8 Å². The number of carbonyl (C=O) groups is 3. The van der Waals surface area contributed by atoms with Crippen LogP contribution in [0, 0.1) is 0 Å². The molecule has 5 nitrogen and oxygen atoms in total. The predicted molar refractivity (Wildman–Crippen MR) is 80.1 cm³/mol. The number of rotatable bonds is 6. The molecule has 0 spiro atoms. The second-order valence-electron chi connectivity index (χ2n) is 4.64. The number of pyridine rings is 1. The van der Waals surface area contributed by atoms with Crippen molar-refractivity contribution < 1.29 is 19.5 Å². The van der Waals surface area contributed by atoms with Gasteiger partial charge in [0.25, 0.3) is 0 Å². The molecule has 0 saturated carbocycles. The number of hydrogen-bond donors (Lipinski definition) is 1. The molecule has 0 bridgehead atoms. The summed E-state index contributed by atoms with van der Waals surface area (Å²) in [6.45, 7) is 0. The summed E-state index contributed by atoms with van der Waals surface area (Å²) in [7, 11) is 0. The Morgan fingerprint density at radius 1 is 1.14 bits per heavy atom. The van der Waals surface area contributed by atoms with Crippen molar-refractivity contribution in [3.8, 4) is 0 Å². The number of carboxylic acid groups (broad SMARTS) is 1. The lowest BCUT2D eigenvalue weighted by atomic mass is 10.0. The number of benzene rings is 1. The number of carboxylic acids is 1. The molecule has 1 aromatic heterocycles. The number of nitrogens with zero attached hydrogens (tertiary/aromatic N) is 1. The molecule has 0 aliphatic carbocycles. The minimum absolute atomic E-state index is 0.291. The van der Waals surface area contributed by atoms with Gasteiger partial charge in [0.15, 0.2) is 5.78 Å². The zero-order chi connectivity index (χ0) is 16.1. The maximum Gasteiger partial charge on any atom is 0.372 e. The molecule has 2 aromatic rings. The molecule has 0 radical (unpaired) electrons. The molecule has 0 amide bonds. The third-order valence-electron chi connectivity index (χ3n) is 3.01. The summed E-state index contributed by atoms with van der Waals surface area (Å²) in [5.74, 6) is -3.26. The molecule has 1 heterocycles. The zero-order valence-electron chi connectivity index (χ0n) is 11.5. The molecule has 0 unspecified atom stereocenters. The predicted octanol–water partition coefficient (Wildman–Crippen LogP) is 2.55. The summed E-state index contributed by atoms with van der Waals surface area (Å²) in [5.41, 5.74) is 1.77. The second-order valence-corrected chi connectivity index (χ2v) is 5.04. The highest BCUT2D eigenvalue weighted by Gasteiger charge is 2.18. The highest BCUT2D eigenvalue weighted by Crippen LogP contribution is 2.17. The maximum absolute atomic E-state index is 11.9. The third kappa shape index (κ3) is 3.99. The largest absolute Gasteiger partial charge is 0.475 e. The second kappa shape index (κ2) is 6.95. The first-order chi connectivity index (χ1) is 10.5. The lowest BCUT2D eigenvalue weighted by Gasteiger charge is -2.05. The number of carbonyl (C=O) groups excluding carboxylic acids is 2. The Morgan fingerprint density at radius 2 is 1.91 bits per heavy atom. The van der Waals surface area contributed by atoms with Gasteiger partial charge in [0.2, 0.25) is 5.78 Å². The van der Waals surface area contributed by atoms with E-state index in [1.54, 1.807) is 42.6 Å². The summed E-state index contributed by atoms with van der Waals surface area (Å²) >= 11 is 6.04. The van der Waals surface area contributed by atoms with Crippen LogP contribution in [0.4, 0.5) is 0 Å². The van der Waals surface area contributed by atoms with Crippen LogP contribution in [0.3, 0.4) is 0 Å². The van der Waals surface area contributed by atoms with Crippen LogP contribution < -0.4 is 0 Å². The van der Waals surface area contributed by atoms with E-state index >= 15 is 0 Å². The quantitative estimate of drug-likeness (QED) is 0.503. The molecule has 2 rings (SSSR count). The normalized spacial score (nSPS) is 10.2. The Morgan fingerprint density at radius 3 is 2.59 bits per heavy atom. The van der Waals surface area contributed by atoms with Gasteiger partial charge in [-0.3, -0.25) is 14.6 Å². The Bertz CT molecular complexity index is 742. The molecule has 22 heavy (non-hydrogen) atoms. The molecule has 0 aliphatic rings. The van der Waals surface area contributed by atoms with E-state index in [2.05, 4.69) is 4.98 Å². The topological polar surface area (TPSA) is 84.3 Å². The minimum Gasteiger partial charge on any atom is -0.475 e. The summed E-state index contributed by atoms with van der Waals surface area (Å²) in [4.78, 5) is 37.7. The van der Waals surface area contributed by atoms with Crippen molar-refractivity contribution >= 4 is 29.1 Å². The van der Waals surface area contributed by atoms with Gasteiger partial charge in [-0.2, -0.15) is 0 Å². The van der Waals surface area contributed by atoms with Crippen molar-refractivity contribution in [1.29, 1.82) is 0 Å². The van der Waals surface area contributed by atoms with Gasteiger partial charge in [-0.25, -0.2) is 4.79 Å². The van der Waals surface area contributed by atoms with E-state index in [-0.39, 0.29) is 0 Å². The van der Waals surface area contributed by atoms with Crippen LogP contribution in [0.15, 0.2) is 42.6 Å². The van der Waals surface area contributed by atoms with E-state index in [1.807, 2.05) is 0 Å². The van der Waals surface area contributed by atoms with Crippen LogP contribution in [-0.2, 0) is 16.0 Å². The summed E-state index contributed by atoms with van der Waals surface area (Å²) < 4.78 is 0. The lowest BCUT2D eigenvalue weighted by Crippen LogP contribution is -2.17. The van der Waals surface area contributed by atoms with Gasteiger partial charge in [0.1, 0.15) is 0 Å². The van der Waals surface area contributed by atoms with E-state index in [1.165, 1.54) is 0 Å². The SMILES string of the molecule is O=C(O)C(=O)CC(=O)c1cccc(Cc2ncccc2Cl)c1. The molecule has 112 valence electrons. The number of hydrogen-bond acceptors (Lipinski definition) is 4. The molecule has 1 N–H and O–H groups in total. The van der Waals surface area contributed by atoms with Crippen LogP contribution >= 0.6 is 11.6 Å². The third-order valence-corrected chi connectivity index (χ3v) is 3.36. The van der Waals surface area contributed by atoms with Crippen molar-refractivity contribution in [1.82, 2.24) is 4.98 Å². The molecule has 0 fully saturated rings. The van der Waals surface area contributed by atoms with Crippen LogP contribution in [0.25, 0.3) is 0 Å². The average molecular weight is 318 g/mol. The number of Topliss-reactive ketones (excluding diaryl/α,β-unsaturated/α-hetero) is 2. The maximum atomic E-state index is 11.9. The van der Waals surface area contributed by atoms with Crippen LogP contribution in [0.1, 0.15) is 28.0 Å². The number of aromatic nitrogens is 1. The fraction of sp³-hybridized carbons (Fsp3) is 0.125. The number of halogens is 1. The molecular weight excluding hydrogens is 306 g/mol. The van der Waals surface area contributed by atoms with Gasteiger partial charge in [0.05, 0.1) is 17.1 Å². The standard InChI is InChI=1S/C16H12ClNO4/c17-12-5-2-6-18-13(12)8-10-3-1-4-11(7-10)14(19)9-15(20)16(21)22/h1-7H,8-9H2,(H,21,22). The van der Waals surface area contributed by atoms with E-state index < -0.39 is 24.0 Å². The van der Waals surface area contributed by atoms with E-state index in [9.17, 15) is 14.4 Å². The summed E-state index contributed by atoms with van der Waals surface area (Å²) in [5, 5.41) is 9.06. The highest BCUT2D eigenvalue weighted by atomic mass is 35.5. The van der Waals surface area contributed by atoms with Gasteiger partial charge in [-0.1, -0.05) is 29.8 Å². The van der Waals surface area contributed by atoms with Crippen LogP contribution in [-0.4, -0.2) is 27.6 Å². The fourth-order valence-corrected chi connectivity index (χ4v) is 2.11. The summed E-state index contributed by atoms with van der Waals surface area (Å²) in [6.07, 6.45) is 1.42. The van der Waals surface area contributed by atoms with Crippen molar-refractivity contribution in [3.63, 3.8) is 0 Å². The van der Waals surface area contributed by atoms with E-state index in [0.29, 0.717) is 22.7 Å². The van der Waals surface area contributed by atoms with Crippen molar-refractivity contribution in [3.05, 3.63) is 64.4 Å². The van der Waals surface area contributed by atoms with Gasteiger partial charge in [0, 0.05) is 18.2 Å². The first kappa shape index (κ1) is 15.9. The first-order valence-electron chi connectivity index (χ1n) is 6.45. The highest BCUT2D eigenvalue weighted by molar-refractivity contribution is 6.37. The Labute approximate surface area is 131 Å². The molecular formula is C16H12ClNO4. The van der Waals surface area contributed by atoms with Crippen LogP contribution in [0.5, 0.6) is 0 Å². The van der Waals surface area contributed by atoms with Gasteiger partial charge >= 0.3 is 5.97 Å². The summed E-state index contributed by atoms with van der Waals surface area (Å²) in [6, 6.07) is 10.1. The molecule has 0 aliphatic heterocycles. The lowest BCUT2D eigenvalue weighted by molar-refractivity contribution is -0.148. The molecule has 0 saturated heterocycles. The van der Waals surface area contributed by atoms with Crippen LogP contribution in [0.2, 0.25) is 5.02 Å². The van der Waals surface area contributed by atoms with Crippen molar-refractivity contribution in [2.24, 2.45) is 0 Å². The Kier molecular flexibility index (Phi) is 5.01. The monoisotopic (exact) mass is 317 g/mol. The number of ketones is 2. The molecule has 6 heteroatoms. The minimum atomic E-state index is -1.61. The van der Waals surface area contributed by atoms with E-state index in [4.69, 9.17) is 16.7 Å². The van der Waals surface area contributed by atoms with Gasteiger partial charge < -0.3 is 5.11 Å². The van der Waals surface area contributed by atoms with Gasteiger partial charge in [-0.05, 0) is 23.8 Å². The Hall–Kier alpha value is -2.53. The zero-order valence-corrected chi connectivity index (χ0v) is 12.2. The van der Waals surface area contributed by atoms with E-state index in [0.717, 1.165) is 5.56 Å². The fourth-order valence-electron chi connectivity index (χ4n) is 1.92. The van der Waals surface area contributed by atoms with Crippen molar-refractivity contribution in [2.75, 3.05) is 0 Å². The number of aliphatic carboxylic acids is 1. The average Bonchev–Trinajstić information content (AvgIpc) is 2.49. The Balaban J connectivity index is 2.16. The molecule has 1 aromatic carbocycles. The van der Waals surface area contributed by atoms with Gasteiger partial charge in [-0.15, -0.1) is 0 Å². The first-order valence-corrected chi connectivity index (χ1v) is 6.83.